The molecule has 26 heavy (non-hydrogen) atoms. The van der Waals surface area contributed by atoms with Gasteiger partial charge in [-0.05, 0) is 43.0 Å². The second-order valence-corrected chi connectivity index (χ2v) is 9.39. The van der Waals surface area contributed by atoms with E-state index in [0.29, 0.717) is 17.9 Å². The van der Waals surface area contributed by atoms with Gasteiger partial charge in [-0.15, -0.1) is 0 Å². The molecule has 1 saturated heterocycles. The van der Waals surface area contributed by atoms with E-state index in [9.17, 15) is 4.79 Å². The molecule has 1 amide bonds. The van der Waals surface area contributed by atoms with Gasteiger partial charge in [-0.1, -0.05) is 32.9 Å². The van der Waals surface area contributed by atoms with Crippen LogP contribution in [-0.2, 0) is 18.3 Å². The maximum Gasteiger partial charge on any atom is 0.225 e. The van der Waals surface area contributed by atoms with E-state index in [2.05, 4.69) is 53.3 Å². The first kappa shape index (κ1) is 17.6. The number of piperidine rings is 1. The number of benzene rings is 1. The minimum Gasteiger partial charge on any atom is -0.355 e. The number of aryl methyl sites for hydroxylation is 1. The minimum absolute atomic E-state index is 0.151. The molecule has 140 valence electrons. The van der Waals surface area contributed by atoms with Gasteiger partial charge in [-0.25, -0.2) is 0 Å². The molecule has 2 aliphatic rings. The largest absolute Gasteiger partial charge is 0.355 e. The van der Waals surface area contributed by atoms with E-state index in [1.165, 1.54) is 22.0 Å². The minimum atomic E-state index is -0.321. The smallest absolute Gasteiger partial charge is 0.225 e. The highest BCUT2D eigenvalue weighted by Crippen LogP contribution is 2.44. The van der Waals surface area contributed by atoms with Gasteiger partial charge in [-0.2, -0.15) is 0 Å². The Morgan fingerprint density at radius 3 is 2.77 bits per heavy atom. The Morgan fingerprint density at radius 1 is 1.27 bits per heavy atom. The average molecular weight is 354 g/mol. The zero-order valence-corrected chi connectivity index (χ0v) is 16.7. The van der Waals surface area contributed by atoms with Gasteiger partial charge in [0, 0.05) is 54.6 Å². The van der Waals surface area contributed by atoms with Crippen LogP contribution in [0.2, 0.25) is 0 Å². The van der Waals surface area contributed by atoms with Crippen molar-refractivity contribution in [2.24, 2.45) is 18.4 Å². The van der Waals surface area contributed by atoms with Gasteiger partial charge >= 0.3 is 0 Å². The number of fused-ring (bicyclic) bond motifs is 2. The molecular weight excluding hydrogens is 322 g/mol. The Morgan fingerprint density at radius 2 is 2.04 bits per heavy atom. The van der Waals surface area contributed by atoms with Crippen molar-refractivity contribution in [2.75, 3.05) is 20.1 Å². The van der Waals surface area contributed by atoms with Crippen LogP contribution >= 0.6 is 0 Å². The normalized spacial score (nSPS) is 26.0. The third-order valence-electron chi connectivity index (χ3n) is 6.35. The third-order valence-corrected chi connectivity index (χ3v) is 6.35. The number of carbonyl (C=O) groups is 1. The molecule has 0 bridgehead atoms. The van der Waals surface area contributed by atoms with Crippen LogP contribution in [0.15, 0.2) is 24.4 Å². The van der Waals surface area contributed by atoms with Gasteiger partial charge in [0.05, 0.1) is 0 Å². The number of hydrogen-bond acceptors (Lipinski definition) is 2. The number of hydrogen-bond donors (Lipinski definition) is 1. The topological polar surface area (TPSA) is 37.3 Å². The first-order valence-electron chi connectivity index (χ1n) is 9.81. The van der Waals surface area contributed by atoms with E-state index in [4.69, 9.17) is 0 Å². The summed E-state index contributed by atoms with van der Waals surface area (Å²) >= 11 is 0. The summed E-state index contributed by atoms with van der Waals surface area (Å²) in [5.74, 6) is 1.22. The molecule has 0 radical (unpaired) electrons. The number of nitrogens with zero attached hydrogens (tertiary/aromatic N) is 2. The van der Waals surface area contributed by atoms with Crippen LogP contribution in [-0.4, -0.2) is 41.6 Å². The molecule has 0 spiro atoms. The standard InChI is InChI=1S/C22H31N3O/c1-22(2,3)21(26)23-11-14-9-17-16-7-6-8-18-20(16)15(13-25(18)5)10-19(17)24(4)12-14/h6-8,13-14,17,19H,9-12H2,1-5H3,(H,23,26)/t14-,17+,19+/m0/s1. The molecule has 1 aromatic heterocycles. The van der Waals surface area contributed by atoms with Crippen molar-refractivity contribution in [1.82, 2.24) is 14.8 Å². The van der Waals surface area contributed by atoms with Crippen LogP contribution < -0.4 is 5.32 Å². The van der Waals surface area contributed by atoms with Crippen molar-refractivity contribution >= 4 is 16.8 Å². The number of carbonyl (C=O) groups excluding carboxylic acids is 1. The van der Waals surface area contributed by atoms with E-state index in [0.717, 1.165) is 25.9 Å². The summed E-state index contributed by atoms with van der Waals surface area (Å²) in [5.41, 5.74) is 4.03. The lowest BCUT2D eigenvalue weighted by molar-refractivity contribution is -0.128. The van der Waals surface area contributed by atoms with Crippen LogP contribution in [0.1, 0.15) is 44.2 Å². The number of likely N-dealkylation sites (N-methyl/N-ethyl adjacent to an activating group) is 1. The molecule has 2 heterocycles. The van der Waals surface area contributed by atoms with E-state index >= 15 is 0 Å². The Kier molecular flexibility index (Phi) is 4.14. The predicted octanol–water partition coefficient (Wildman–Crippen LogP) is 3.30. The summed E-state index contributed by atoms with van der Waals surface area (Å²) in [6, 6.07) is 7.34. The van der Waals surface area contributed by atoms with Gasteiger partial charge in [-0.3, -0.25) is 4.79 Å². The Labute approximate surface area is 156 Å². The Balaban J connectivity index is 1.59. The number of amides is 1. The Bertz CT molecular complexity index is 845. The molecule has 4 rings (SSSR count). The third kappa shape index (κ3) is 2.84. The molecular formula is C22H31N3O. The van der Waals surface area contributed by atoms with Gasteiger partial charge in [0.1, 0.15) is 0 Å². The second-order valence-electron chi connectivity index (χ2n) is 9.39. The fourth-order valence-electron chi connectivity index (χ4n) is 4.98. The molecule has 3 atom stereocenters. The molecule has 1 aliphatic heterocycles. The Hall–Kier alpha value is -1.81. The summed E-state index contributed by atoms with van der Waals surface area (Å²) in [6.45, 7) is 7.77. The highest BCUT2D eigenvalue weighted by Gasteiger charge is 2.39. The summed E-state index contributed by atoms with van der Waals surface area (Å²) in [5, 5.41) is 4.66. The summed E-state index contributed by atoms with van der Waals surface area (Å²) in [6.07, 6.45) is 4.61. The fraction of sp³-hybridized carbons (Fsp3) is 0.591. The summed E-state index contributed by atoms with van der Waals surface area (Å²) < 4.78 is 2.27. The first-order valence-corrected chi connectivity index (χ1v) is 9.81. The van der Waals surface area contributed by atoms with Crippen LogP contribution in [0.4, 0.5) is 0 Å². The van der Waals surface area contributed by atoms with Gasteiger partial charge in [0.2, 0.25) is 5.91 Å². The highest BCUT2D eigenvalue weighted by molar-refractivity contribution is 5.89. The summed E-state index contributed by atoms with van der Waals surface area (Å²) in [4.78, 5) is 14.8. The van der Waals surface area contributed by atoms with Gasteiger partial charge in [0.25, 0.3) is 0 Å². The van der Waals surface area contributed by atoms with E-state index in [1.807, 2.05) is 20.8 Å². The van der Waals surface area contributed by atoms with Gasteiger partial charge in [0.15, 0.2) is 0 Å². The molecule has 1 aromatic carbocycles. The lowest BCUT2D eigenvalue weighted by Gasteiger charge is -2.45. The van der Waals surface area contributed by atoms with Crippen LogP contribution in [0, 0.1) is 11.3 Å². The van der Waals surface area contributed by atoms with Gasteiger partial charge < -0.3 is 14.8 Å². The maximum atomic E-state index is 12.3. The molecule has 1 fully saturated rings. The van der Waals surface area contributed by atoms with Crippen LogP contribution in [0.3, 0.4) is 0 Å². The molecule has 0 unspecified atom stereocenters. The molecule has 4 nitrogen and oxygen atoms in total. The highest BCUT2D eigenvalue weighted by atomic mass is 16.2. The van der Waals surface area contributed by atoms with Crippen molar-refractivity contribution in [2.45, 2.75) is 45.6 Å². The van der Waals surface area contributed by atoms with Crippen molar-refractivity contribution < 1.29 is 4.79 Å². The van der Waals surface area contributed by atoms with Crippen molar-refractivity contribution in [3.05, 3.63) is 35.5 Å². The van der Waals surface area contributed by atoms with E-state index in [1.54, 1.807) is 0 Å². The quantitative estimate of drug-likeness (QED) is 0.899. The zero-order chi connectivity index (χ0) is 18.6. The van der Waals surface area contributed by atoms with E-state index in [-0.39, 0.29) is 11.3 Å². The lowest BCUT2D eigenvalue weighted by Crippen LogP contribution is -2.50. The monoisotopic (exact) mass is 353 g/mol. The molecule has 2 aromatic rings. The van der Waals surface area contributed by atoms with Crippen molar-refractivity contribution in [3.8, 4) is 0 Å². The maximum absolute atomic E-state index is 12.3. The van der Waals surface area contributed by atoms with Crippen LogP contribution in [0.25, 0.3) is 10.9 Å². The average Bonchev–Trinajstić information content (AvgIpc) is 2.90. The number of aromatic nitrogens is 1. The van der Waals surface area contributed by atoms with E-state index < -0.39 is 0 Å². The molecule has 4 heteroatoms. The summed E-state index contributed by atoms with van der Waals surface area (Å²) in [7, 11) is 4.41. The number of nitrogens with one attached hydrogen (secondary N) is 1. The fourth-order valence-corrected chi connectivity index (χ4v) is 4.98. The molecule has 1 aliphatic carbocycles. The molecule has 0 saturated carbocycles. The predicted molar refractivity (Wildman–Crippen MR) is 106 cm³/mol. The van der Waals surface area contributed by atoms with Crippen molar-refractivity contribution in [1.29, 1.82) is 0 Å². The number of rotatable bonds is 2. The van der Waals surface area contributed by atoms with Crippen molar-refractivity contribution in [3.63, 3.8) is 0 Å². The molecule has 1 N–H and O–H groups in total. The lowest BCUT2D eigenvalue weighted by atomic mass is 9.72. The second kappa shape index (κ2) is 6.12. The van der Waals surface area contributed by atoms with Crippen LogP contribution in [0.5, 0.6) is 0 Å². The SMILES string of the molecule is CN1C[C@H](CNC(=O)C(C)(C)C)C[C@@H]2c3cccc4c3c(cn4C)C[C@H]21. The first-order chi connectivity index (χ1) is 12.3. The zero-order valence-electron chi connectivity index (χ0n) is 16.7. The number of likely N-dealkylation sites (tertiary alicyclic amines) is 1.